The Labute approximate surface area is 117 Å². The molecule has 1 aromatic carbocycles. The van der Waals surface area contributed by atoms with E-state index in [1.54, 1.807) is 0 Å². The number of benzene rings is 1. The highest BCUT2D eigenvalue weighted by atomic mass is 16.6. The van der Waals surface area contributed by atoms with Crippen molar-refractivity contribution in [3.63, 3.8) is 0 Å². The van der Waals surface area contributed by atoms with Gasteiger partial charge in [-0.05, 0) is 40.1 Å². The topological polar surface area (TPSA) is 95.7 Å². The minimum atomic E-state index is -1.31. The Balaban J connectivity index is 3.10. The van der Waals surface area contributed by atoms with E-state index in [1.807, 2.05) is 32.8 Å². The van der Waals surface area contributed by atoms with Gasteiger partial charge in [-0.3, -0.25) is 10.1 Å². The molecule has 7 nitrogen and oxygen atoms in total. The van der Waals surface area contributed by atoms with Gasteiger partial charge in [0.15, 0.2) is 0 Å². The van der Waals surface area contributed by atoms with Crippen LogP contribution in [0.15, 0.2) is 18.2 Å². The number of nitro benzene ring substituents is 1. The van der Waals surface area contributed by atoms with Crippen LogP contribution in [0.2, 0.25) is 0 Å². The lowest BCUT2D eigenvalue weighted by Gasteiger charge is -2.33. The summed E-state index contributed by atoms with van der Waals surface area (Å²) in [6, 6.07) is 4.22. The monoisotopic (exact) mass is 281 g/mol. The van der Waals surface area contributed by atoms with Gasteiger partial charge in [0, 0.05) is 12.1 Å². The maximum absolute atomic E-state index is 11.1. The fourth-order valence-electron chi connectivity index (χ4n) is 1.53. The number of hydrogen-bond acceptors (Lipinski definition) is 5. The van der Waals surface area contributed by atoms with E-state index in [4.69, 9.17) is 5.11 Å². The summed E-state index contributed by atoms with van der Waals surface area (Å²) in [5.74, 6) is -1.31. The number of carboxylic acid groups (broad SMARTS) is 1. The molecule has 0 aromatic heterocycles. The number of anilines is 1. The van der Waals surface area contributed by atoms with Crippen LogP contribution in [0.3, 0.4) is 0 Å². The first-order valence-electron chi connectivity index (χ1n) is 6.09. The zero-order valence-corrected chi connectivity index (χ0v) is 12.0. The molecule has 0 bridgehead atoms. The predicted molar refractivity (Wildman–Crippen MR) is 76.3 cm³/mol. The van der Waals surface area contributed by atoms with E-state index in [2.05, 4.69) is 5.32 Å². The number of carbonyl (C=O) groups is 1. The lowest BCUT2D eigenvalue weighted by atomic mass is 10.0. The Morgan fingerprint density at radius 1 is 1.45 bits per heavy atom. The Morgan fingerprint density at radius 2 is 2.05 bits per heavy atom. The van der Waals surface area contributed by atoms with Crippen molar-refractivity contribution in [1.82, 2.24) is 4.90 Å². The molecule has 0 fully saturated rings. The van der Waals surface area contributed by atoms with Gasteiger partial charge in [0.1, 0.15) is 11.3 Å². The Kier molecular flexibility index (Phi) is 4.67. The number of nitro groups is 1. The van der Waals surface area contributed by atoms with Crippen LogP contribution in [0, 0.1) is 10.1 Å². The van der Waals surface area contributed by atoms with Gasteiger partial charge in [0.25, 0.3) is 0 Å². The Morgan fingerprint density at radius 3 is 2.50 bits per heavy atom. The SMILES string of the molecule is CN(C)C(C)(C)CNc1cccc(C(=O)O)c1[N+](=O)[O-]. The summed E-state index contributed by atoms with van der Waals surface area (Å²) in [5, 5.41) is 23.1. The zero-order chi connectivity index (χ0) is 15.5. The first kappa shape index (κ1) is 15.9. The van der Waals surface area contributed by atoms with Crippen molar-refractivity contribution in [3.8, 4) is 0 Å². The van der Waals surface area contributed by atoms with Crippen molar-refractivity contribution in [2.75, 3.05) is 26.0 Å². The first-order valence-corrected chi connectivity index (χ1v) is 6.09. The molecule has 110 valence electrons. The van der Waals surface area contributed by atoms with Gasteiger partial charge in [-0.25, -0.2) is 4.79 Å². The summed E-state index contributed by atoms with van der Waals surface area (Å²) in [5.41, 5.74) is -0.741. The third kappa shape index (κ3) is 3.45. The van der Waals surface area contributed by atoms with Crippen LogP contribution < -0.4 is 5.32 Å². The lowest BCUT2D eigenvalue weighted by molar-refractivity contribution is -0.384. The number of aromatic carboxylic acids is 1. The molecule has 0 radical (unpaired) electrons. The maximum atomic E-state index is 11.1. The Hall–Kier alpha value is -2.15. The van der Waals surface area contributed by atoms with E-state index >= 15 is 0 Å². The fourth-order valence-corrected chi connectivity index (χ4v) is 1.53. The number of nitrogens with one attached hydrogen (secondary N) is 1. The molecule has 1 rings (SSSR count). The van der Waals surface area contributed by atoms with Crippen molar-refractivity contribution in [2.24, 2.45) is 0 Å². The first-order chi connectivity index (χ1) is 9.16. The summed E-state index contributed by atoms with van der Waals surface area (Å²) in [6.45, 7) is 4.41. The molecular weight excluding hydrogens is 262 g/mol. The highest BCUT2D eigenvalue weighted by Gasteiger charge is 2.26. The molecule has 7 heteroatoms. The molecule has 0 aliphatic heterocycles. The second-order valence-electron chi connectivity index (χ2n) is 5.32. The van der Waals surface area contributed by atoms with Crippen LogP contribution in [0.5, 0.6) is 0 Å². The van der Waals surface area contributed by atoms with E-state index in [1.165, 1.54) is 18.2 Å². The van der Waals surface area contributed by atoms with Crippen LogP contribution in [-0.2, 0) is 0 Å². The van der Waals surface area contributed by atoms with Crippen molar-refractivity contribution < 1.29 is 14.8 Å². The molecule has 0 aliphatic rings. The van der Waals surface area contributed by atoms with Crippen molar-refractivity contribution >= 4 is 17.3 Å². The molecule has 0 amide bonds. The second-order valence-corrected chi connectivity index (χ2v) is 5.32. The van der Waals surface area contributed by atoms with Crippen LogP contribution in [0.1, 0.15) is 24.2 Å². The quantitative estimate of drug-likeness (QED) is 0.612. The number of rotatable bonds is 6. The lowest BCUT2D eigenvalue weighted by Crippen LogP contribution is -2.44. The minimum Gasteiger partial charge on any atom is -0.477 e. The summed E-state index contributed by atoms with van der Waals surface area (Å²) in [6.07, 6.45) is 0. The van der Waals surface area contributed by atoms with E-state index in [9.17, 15) is 14.9 Å². The average Bonchev–Trinajstić information content (AvgIpc) is 2.35. The number of nitrogens with zero attached hydrogens (tertiary/aromatic N) is 2. The van der Waals surface area contributed by atoms with Gasteiger partial charge in [-0.1, -0.05) is 6.07 Å². The van der Waals surface area contributed by atoms with Crippen LogP contribution >= 0.6 is 0 Å². The van der Waals surface area contributed by atoms with Crippen LogP contribution in [0.4, 0.5) is 11.4 Å². The normalized spacial score (nSPS) is 11.4. The zero-order valence-electron chi connectivity index (χ0n) is 12.0. The standard InChI is InChI=1S/C13H19N3O4/c1-13(2,15(3)4)8-14-10-7-5-6-9(12(17)18)11(10)16(19)20/h5-7,14H,8H2,1-4H3,(H,17,18). The highest BCUT2D eigenvalue weighted by molar-refractivity contribution is 5.95. The molecule has 0 aliphatic carbocycles. The second kappa shape index (κ2) is 5.87. The molecule has 0 saturated heterocycles. The molecule has 0 saturated carbocycles. The van der Waals surface area contributed by atoms with E-state index in [-0.39, 0.29) is 16.8 Å². The largest absolute Gasteiger partial charge is 0.477 e. The van der Waals surface area contributed by atoms with Crippen LogP contribution in [0.25, 0.3) is 0 Å². The van der Waals surface area contributed by atoms with Crippen molar-refractivity contribution in [1.29, 1.82) is 0 Å². The molecule has 1 aromatic rings. The molecular formula is C13H19N3O4. The van der Waals surface area contributed by atoms with E-state index < -0.39 is 16.6 Å². The van der Waals surface area contributed by atoms with Gasteiger partial charge in [0.2, 0.25) is 0 Å². The summed E-state index contributed by atoms with van der Waals surface area (Å²) >= 11 is 0. The summed E-state index contributed by atoms with van der Waals surface area (Å²) in [4.78, 5) is 23.5. The third-order valence-corrected chi connectivity index (χ3v) is 3.37. The van der Waals surface area contributed by atoms with E-state index in [0.717, 1.165) is 0 Å². The van der Waals surface area contributed by atoms with Gasteiger partial charge >= 0.3 is 11.7 Å². The highest BCUT2D eigenvalue weighted by Crippen LogP contribution is 2.29. The number of para-hydroxylation sites is 1. The van der Waals surface area contributed by atoms with Crippen LogP contribution in [-0.4, -0.2) is 47.1 Å². The van der Waals surface area contributed by atoms with Crippen molar-refractivity contribution in [2.45, 2.75) is 19.4 Å². The molecule has 2 N–H and O–H groups in total. The smallest absolute Gasteiger partial charge is 0.342 e. The number of carboxylic acids is 1. The third-order valence-electron chi connectivity index (χ3n) is 3.37. The van der Waals surface area contributed by atoms with E-state index in [0.29, 0.717) is 6.54 Å². The van der Waals surface area contributed by atoms with Gasteiger partial charge in [0.05, 0.1) is 4.92 Å². The van der Waals surface area contributed by atoms with Gasteiger partial charge < -0.3 is 15.3 Å². The molecule has 0 spiro atoms. The summed E-state index contributed by atoms with van der Waals surface area (Å²) < 4.78 is 0. The van der Waals surface area contributed by atoms with Crippen molar-refractivity contribution in [3.05, 3.63) is 33.9 Å². The maximum Gasteiger partial charge on any atom is 0.342 e. The molecule has 0 atom stereocenters. The predicted octanol–water partition coefficient (Wildman–Crippen LogP) is 2.05. The van der Waals surface area contributed by atoms with Gasteiger partial charge in [-0.15, -0.1) is 0 Å². The Bertz CT molecular complexity index is 526. The fraction of sp³-hybridized carbons (Fsp3) is 0.462. The average molecular weight is 281 g/mol. The minimum absolute atomic E-state index is 0.213. The number of likely N-dealkylation sites (N-methyl/N-ethyl adjacent to an activating group) is 1. The number of hydrogen-bond donors (Lipinski definition) is 2. The molecule has 0 heterocycles. The van der Waals surface area contributed by atoms with Gasteiger partial charge in [-0.2, -0.15) is 0 Å². The molecule has 20 heavy (non-hydrogen) atoms. The summed E-state index contributed by atoms with van der Waals surface area (Å²) in [7, 11) is 3.81. The molecule has 0 unspecified atom stereocenters.